The minimum Gasteiger partial charge on any atom is -0.425 e. The number of nitrogens with one attached hydrogen (secondary N) is 1. The van der Waals surface area contributed by atoms with Gasteiger partial charge in [-0.1, -0.05) is 23.2 Å². The van der Waals surface area contributed by atoms with Gasteiger partial charge in [-0.25, -0.2) is 18.0 Å². The van der Waals surface area contributed by atoms with Crippen LogP contribution in [0.2, 0.25) is 10.0 Å². The van der Waals surface area contributed by atoms with Gasteiger partial charge in [-0.15, -0.1) is 0 Å². The van der Waals surface area contributed by atoms with Crippen LogP contribution in [0, 0.1) is 5.92 Å². The van der Waals surface area contributed by atoms with Crippen LogP contribution in [0.25, 0.3) is 0 Å². The zero-order valence-electron chi connectivity index (χ0n) is 19.4. The van der Waals surface area contributed by atoms with Gasteiger partial charge in [0, 0.05) is 19.8 Å². The molecule has 5 amide bonds. The van der Waals surface area contributed by atoms with Gasteiger partial charge in [0.15, 0.2) is 11.7 Å². The molecule has 1 aromatic carbocycles. The second kappa shape index (κ2) is 11.6. The summed E-state index contributed by atoms with van der Waals surface area (Å²) < 4.78 is 124. The zero-order chi connectivity index (χ0) is 29.5. The Balaban J connectivity index is 0.00000760. The Kier molecular flexibility index (Phi) is 10.1. The molecule has 0 bridgehead atoms. The van der Waals surface area contributed by atoms with E-state index in [9.17, 15) is 58.7 Å². The molecule has 2 rings (SSSR count). The highest BCUT2D eigenvalue weighted by Crippen LogP contribution is 2.44. The average Bonchev–Trinajstić information content (AvgIpc) is 2.78. The first kappa shape index (κ1) is 34.0. The molecular formula is C18H16Cl2F9N4O6+. The molecule has 0 aliphatic carbocycles. The summed E-state index contributed by atoms with van der Waals surface area (Å²) in [7, 11) is 1.95. The number of rotatable bonds is 9. The van der Waals surface area contributed by atoms with Crippen LogP contribution >= 0.6 is 23.2 Å². The summed E-state index contributed by atoms with van der Waals surface area (Å²) in [6, 6.07) is 0.130. The molecule has 10 nitrogen and oxygen atoms in total. The highest BCUT2D eigenvalue weighted by atomic mass is 35.5. The van der Waals surface area contributed by atoms with E-state index in [1.807, 2.05) is 5.32 Å². The fraction of sp³-hybridized carbons (Fsp3) is 0.444. The van der Waals surface area contributed by atoms with Gasteiger partial charge in [-0.3, -0.25) is 28.9 Å². The number of quaternary nitrogens is 1. The molecule has 21 heteroatoms. The van der Waals surface area contributed by atoms with Gasteiger partial charge in [-0.05, 0) is 12.1 Å². The smallest absolute Gasteiger partial charge is 0.425 e. The van der Waals surface area contributed by atoms with Crippen molar-refractivity contribution >= 4 is 52.6 Å². The number of alkyl halides is 9. The van der Waals surface area contributed by atoms with E-state index < -0.39 is 82.1 Å². The quantitative estimate of drug-likeness (QED) is 0.300. The number of carbonyl (C=O) groups is 4. The molecule has 1 heterocycles. The van der Waals surface area contributed by atoms with E-state index >= 15 is 0 Å². The number of barbiturate groups is 1. The van der Waals surface area contributed by atoms with E-state index in [-0.39, 0.29) is 6.15 Å². The van der Waals surface area contributed by atoms with Crippen LogP contribution in [0.3, 0.4) is 0 Å². The molecule has 0 spiro atoms. The monoisotopic (exact) mass is 625 g/mol. The SMILES string of the molecule is CN1C(=O)C(C(=O)Nc2cc(Cl)c(OC(F)(F)C(F)OC(F)(F)C(F)(F)C(F)F)c(Cl)c2)C(=O)N(C)C1=O.[NH4+]. The molecule has 0 radical (unpaired) electrons. The number of hydrogen-bond donors (Lipinski definition) is 2. The molecule has 1 unspecified atom stereocenters. The molecular weight excluding hydrogens is 610 g/mol. The number of ether oxygens (including phenoxy) is 2. The second-order valence-corrected chi connectivity index (χ2v) is 8.12. The summed E-state index contributed by atoms with van der Waals surface area (Å²) in [5, 5.41) is -0.00972. The van der Waals surface area contributed by atoms with Gasteiger partial charge < -0.3 is 16.2 Å². The topological polar surface area (TPSA) is 142 Å². The fourth-order valence-electron chi connectivity index (χ4n) is 2.66. The summed E-state index contributed by atoms with van der Waals surface area (Å²) in [5.74, 6) is -13.6. The number of imide groups is 2. The highest BCUT2D eigenvalue weighted by molar-refractivity contribution is 6.38. The van der Waals surface area contributed by atoms with Crippen molar-refractivity contribution in [1.82, 2.24) is 16.0 Å². The lowest BCUT2D eigenvalue weighted by atomic mass is 10.0. The molecule has 1 aromatic rings. The first-order chi connectivity index (χ1) is 17.2. The third kappa shape index (κ3) is 6.59. The molecule has 1 fully saturated rings. The van der Waals surface area contributed by atoms with Gasteiger partial charge >= 0.3 is 37.0 Å². The van der Waals surface area contributed by atoms with Gasteiger partial charge in [0.05, 0.1) is 10.0 Å². The lowest BCUT2D eigenvalue weighted by Gasteiger charge is -2.32. The number of carbonyl (C=O) groups excluding carboxylic acids is 4. The molecule has 1 aliphatic heterocycles. The number of benzene rings is 1. The van der Waals surface area contributed by atoms with Crippen LogP contribution in [0.1, 0.15) is 0 Å². The predicted molar refractivity (Wildman–Crippen MR) is 113 cm³/mol. The number of halogens is 11. The highest BCUT2D eigenvalue weighted by Gasteiger charge is 2.67. The maximum atomic E-state index is 13.9. The van der Waals surface area contributed by atoms with Crippen molar-refractivity contribution in [2.75, 3.05) is 19.4 Å². The fourth-order valence-corrected chi connectivity index (χ4v) is 3.23. The van der Waals surface area contributed by atoms with Crippen molar-refractivity contribution in [3.8, 4) is 5.75 Å². The number of urea groups is 1. The van der Waals surface area contributed by atoms with Crippen molar-refractivity contribution < 1.29 is 68.2 Å². The number of nitrogens with zero attached hydrogens (tertiary/aromatic N) is 2. The Morgan fingerprint density at radius 3 is 1.79 bits per heavy atom. The Labute approximate surface area is 221 Å². The molecule has 39 heavy (non-hydrogen) atoms. The first-order valence-electron chi connectivity index (χ1n) is 9.47. The Hall–Kier alpha value is -3.03. The lowest BCUT2D eigenvalue weighted by Crippen LogP contribution is -2.59. The summed E-state index contributed by atoms with van der Waals surface area (Å²) in [4.78, 5) is 49.5. The normalized spacial score (nSPS) is 16.4. The van der Waals surface area contributed by atoms with Gasteiger partial charge in [-0.2, -0.15) is 26.3 Å². The van der Waals surface area contributed by atoms with Crippen LogP contribution in [-0.4, -0.2) is 78.6 Å². The van der Waals surface area contributed by atoms with Crippen molar-refractivity contribution in [2.24, 2.45) is 5.92 Å². The number of anilines is 1. The van der Waals surface area contributed by atoms with Crippen molar-refractivity contribution in [1.29, 1.82) is 0 Å². The van der Waals surface area contributed by atoms with Crippen LogP contribution in [0.15, 0.2) is 12.1 Å². The molecule has 0 aromatic heterocycles. The van der Waals surface area contributed by atoms with Crippen molar-refractivity contribution in [2.45, 2.75) is 30.9 Å². The Bertz CT molecular complexity index is 1110. The van der Waals surface area contributed by atoms with E-state index in [1.165, 1.54) is 0 Å². The van der Waals surface area contributed by atoms with E-state index in [1.54, 1.807) is 0 Å². The van der Waals surface area contributed by atoms with Crippen LogP contribution in [0.5, 0.6) is 5.75 Å². The molecule has 5 N–H and O–H groups in total. The first-order valence-corrected chi connectivity index (χ1v) is 10.2. The lowest BCUT2D eigenvalue weighted by molar-refractivity contribution is -0.430. The van der Waals surface area contributed by atoms with Crippen molar-refractivity contribution in [3.05, 3.63) is 22.2 Å². The van der Waals surface area contributed by atoms with E-state index in [2.05, 4.69) is 9.47 Å². The summed E-state index contributed by atoms with van der Waals surface area (Å²) in [5.41, 5.74) is -0.486. The van der Waals surface area contributed by atoms with Crippen LogP contribution in [0.4, 0.5) is 50.0 Å². The number of amides is 5. The summed E-state index contributed by atoms with van der Waals surface area (Å²) in [6.45, 7) is 0. The van der Waals surface area contributed by atoms with Crippen molar-refractivity contribution in [3.63, 3.8) is 0 Å². The zero-order valence-corrected chi connectivity index (χ0v) is 20.9. The van der Waals surface area contributed by atoms with Gasteiger partial charge in [0.2, 0.25) is 5.91 Å². The molecule has 0 saturated carbocycles. The predicted octanol–water partition coefficient (Wildman–Crippen LogP) is 4.75. The maximum absolute atomic E-state index is 13.9. The van der Waals surface area contributed by atoms with Gasteiger partial charge in [0.1, 0.15) is 0 Å². The molecule has 1 atom stereocenters. The summed E-state index contributed by atoms with van der Waals surface area (Å²) in [6.07, 6.45) is -21.8. The van der Waals surface area contributed by atoms with Crippen LogP contribution in [-0.2, 0) is 19.1 Å². The van der Waals surface area contributed by atoms with Crippen LogP contribution < -0.4 is 16.2 Å². The molecule has 1 saturated heterocycles. The Morgan fingerprint density at radius 2 is 1.38 bits per heavy atom. The van der Waals surface area contributed by atoms with E-state index in [0.717, 1.165) is 14.1 Å². The maximum Gasteiger partial charge on any atom is 0.456 e. The average molecular weight is 626 g/mol. The minimum absolute atomic E-state index is 0. The standard InChI is InChI=1S/C18H12Cl2F9N3O6.H3N/c1-31-11(34)8(12(35)32(2)15(31)36)10(33)30-5-3-6(19)9(7(20)4-5)37-17(26,27)14(23)38-18(28,29)16(24,25)13(21)22;/h3-4,8,13-14H,1-2H3,(H,30,33);1H3/p+1. The minimum atomic E-state index is -6.41. The third-order valence-electron chi connectivity index (χ3n) is 4.67. The number of hydrogen-bond acceptors (Lipinski definition) is 6. The van der Waals surface area contributed by atoms with E-state index in [4.69, 9.17) is 23.2 Å². The largest absolute Gasteiger partial charge is 0.456 e. The van der Waals surface area contributed by atoms with Gasteiger partial charge in [0.25, 0.3) is 11.8 Å². The second-order valence-electron chi connectivity index (χ2n) is 7.31. The molecule has 220 valence electrons. The summed E-state index contributed by atoms with van der Waals surface area (Å²) >= 11 is 11.3. The third-order valence-corrected chi connectivity index (χ3v) is 5.23. The Morgan fingerprint density at radius 1 is 0.949 bits per heavy atom. The molecule has 1 aliphatic rings. The van der Waals surface area contributed by atoms with E-state index in [0.29, 0.717) is 21.9 Å².